The molecule has 164 valence electrons. The van der Waals surface area contributed by atoms with Crippen LogP contribution in [0.25, 0.3) is 5.65 Å². The van der Waals surface area contributed by atoms with Gasteiger partial charge in [-0.2, -0.15) is 5.10 Å². The van der Waals surface area contributed by atoms with Crippen molar-refractivity contribution in [3.63, 3.8) is 0 Å². The Kier molecular flexibility index (Phi) is 6.33. The lowest BCUT2D eigenvalue weighted by Crippen LogP contribution is -2.48. The van der Waals surface area contributed by atoms with Crippen LogP contribution in [0.5, 0.6) is 0 Å². The fourth-order valence-electron chi connectivity index (χ4n) is 3.90. The van der Waals surface area contributed by atoms with Gasteiger partial charge in [0.2, 0.25) is 0 Å². The second-order valence-corrected chi connectivity index (χ2v) is 9.33. The monoisotopic (exact) mass is 415 g/mol. The molecule has 2 aromatic rings. The molecule has 0 radical (unpaired) electrons. The van der Waals surface area contributed by atoms with Gasteiger partial charge in [0.05, 0.1) is 5.69 Å². The van der Waals surface area contributed by atoms with Gasteiger partial charge in [-0.25, -0.2) is 14.3 Å². The molecule has 0 saturated carbocycles. The molecule has 8 heteroatoms. The lowest BCUT2D eigenvalue weighted by atomic mass is 9.96. The van der Waals surface area contributed by atoms with Crippen LogP contribution in [-0.4, -0.2) is 67.7 Å². The van der Waals surface area contributed by atoms with E-state index in [-0.39, 0.29) is 24.0 Å². The summed E-state index contributed by atoms with van der Waals surface area (Å²) in [6.07, 6.45) is 5.05. The summed E-state index contributed by atoms with van der Waals surface area (Å²) >= 11 is 0. The van der Waals surface area contributed by atoms with E-state index >= 15 is 0 Å². The van der Waals surface area contributed by atoms with Crippen molar-refractivity contribution in [3.05, 3.63) is 29.7 Å². The number of rotatable bonds is 4. The molecule has 1 atom stereocenters. The van der Waals surface area contributed by atoms with Crippen molar-refractivity contribution >= 4 is 17.6 Å². The Morgan fingerprint density at radius 3 is 2.73 bits per heavy atom. The molecule has 1 aliphatic heterocycles. The molecule has 30 heavy (non-hydrogen) atoms. The summed E-state index contributed by atoms with van der Waals surface area (Å²) in [7, 11) is 0. The molecule has 1 aliphatic rings. The minimum Gasteiger partial charge on any atom is -0.444 e. The van der Waals surface area contributed by atoms with Gasteiger partial charge in [-0.05, 0) is 66.4 Å². The molecule has 2 amide bonds. The highest BCUT2D eigenvalue weighted by Gasteiger charge is 2.32. The van der Waals surface area contributed by atoms with E-state index in [0.717, 1.165) is 12.8 Å². The Morgan fingerprint density at radius 2 is 2.07 bits per heavy atom. The summed E-state index contributed by atoms with van der Waals surface area (Å²) in [6.45, 7) is 13.3. The van der Waals surface area contributed by atoms with Crippen LogP contribution < -0.4 is 0 Å². The van der Waals surface area contributed by atoms with E-state index in [1.54, 1.807) is 27.9 Å². The Labute approximate surface area is 178 Å². The maximum atomic E-state index is 13.3. The van der Waals surface area contributed by atoms with Crippen LogP contribution in [0.4, 0.5) is 4.79 Å². The van der Waals surface area contributed by atoms with Gasteiger partial charge in [-0.1, -0.05) is 0 Å². The number of aromatic nitrogens is 3. The number of likely N-dealkylation sites (tertiary alicyclic amines) is 1. The predicted octanol–water partition coefficient (Wildman–Crippen LogP) is 3.54. The van der Waals surface area contributed by atoms with Crippen LogP contribution in [0.1, 0.15) is 63.5 Å². The van der Waals surface area contributed by atoms with Gasteiger partial charge in [0.1, 0.15) is 11.2 Å². The highest BCUT2D eigenvalue weighted by Crippen LogP contribution is 2.24. The number of nitrogens with zero attached hydrogens (tertiary/aromatic N) is 5. The molecule has 0 spiro atoms. The highest BCUT2D eigenvalue weighted by atomic mass is 16.6. The average molecular weight is 416 g/mol. The first-order valence-corrected chi connectivity index (χ1v) is 10.7. The van der Waals surface area contributed by atoms with Crippen LogP contribution in [0.2, 0.25) is 0 Å². The van der Waals surface area contributed by atoms with Crippen LogP contribution in [0, 0.1) is 12.8 Å². The van der Waals surface area contributed by atoms with Crippen molar-refractivity contribution in [1.29, 1.82) is 0 Å². The minimum absolute atomic E-state index is 0.0250. The molecule has 8 nitrogen and oxygen atoms in total. The number of amides is 2. The van der Waals surface area contributed by atoms with E-state index in [2.05, 4.69) is 10.1 Å². The third kappa shape index (κ3) is 4.91. The predicted molar refractivity (Wildman–Crippen MR) is 114 cm³/mol. The number of ether oxygens (including phenoxy) is 1. The van der Waals surface area contributed by atoms with Gasteiger partial charge in [0.15, 0.2) is 5.65 Å². The van der Waals surface area contributed by atoms with Crippen LogP contribution in [0.3, 0.4) is 0 Å². The highest BCUT2D eigenvalue weighted by molar-refractivity contribution is 6.01. The van der Waals surface area contributed by atoms with Gasteiger partial charge < -0.3 is 14.5 Å². The van der Waals surface area contributed by atoms with E-state index in [4.69, 9.17) is 4.74 Å². The summed E-state index contributed by atoms with van der Waals surface area (Å²) < 4.78 is 7.23. The summed E-state index contributed by atoms with van der Waals surface area (Å²) in [6, 6.07) is 1.82. The number of fused-ring (bicyclic) bond motifs is 1. The number of carbonyl (C=O) groups is 2. The standard InChI is InChI=1S/C22H33N5O3/c1-15(2)26(21(29)30-22(4,5)6)14-17-9-7-11-25(13-17)20(28)18-16(3)24-27-12-8-10-23-19(18)27/h8,10,12,15,17H,7,9,11,13-14H2,1-6H3. The molecule has 2 aromatic heterocycles. The number of hydrogen-bond donors (Lipinski definition) is 0. The van der Waals surface area contributed by atoms with Crippen molar-refractivity contribution in [3.8, 4) is 0 Å². The van der Waals surface area contributed by atoms with Gasteiger partial charge in [-0.3, -0.25) is 4.79 Å². The van der Waals surface area contributed by atoms with E-state index in [1.165, 1.54) is 0 Å². The SMILES string of the molecule is Cc1nn2cccnc2c1C(=O)N1CCCC(CN(C(=O)OC(C)(C)C)C(C)C)C1. The Bertz CT molecular complexity index is 915. The first-order chi connectivity index (χ1) is 14.1. The Morgan fingerprint density at radius 1 is 1.33 bits per heavy atom. The van der Waals surface area contributed by atoms with Crippen LogP contribution in [0.15, 0.2) is 18.5 Å². The summed E-state index contributed by atoms with van der Waals surface area (Å²) in [5.41, 5.74) is 1.29. The number of carbonyl (C=O) groups excluding carboxylic acids is 2. The second kappa shape index (κ2) is 8.62. The van der Waals surface area contributed by atoms with E-state index in [9.17, 15) is 9.59 Å². The maximum Gasteiger partial charge on any atom is 0.410 e. The van der Waals surface area contributed by atoms with Crippen molar-refractivity contribution in [2.45, 2.75) is 66.0 Å². The van der Waals surface area contributed by atoms with E-state index in [1.807, 2.05) is 46.4 Å². The fourth-order valence-corrected chi connectivity index (χ4v) is 3.90. The third-order valence-corrected chi connectivity index (χ3v) is 5.30. The van der Waals surface area contributed by atoms with Crippen molar-refractivity contribution in [2.75, 3.05) is 19.6 Å². The molecule has 0 N–H and O–H groups in total. The first-order valence-electron chi connectivity index (χ1n) is 10.7. The normalized spacial score (nSPS) is 17.4. The van der Waals surface area contributed by atoms with Crippen molar-refractivity contribution in [1.82, 2.24) is 24.4 Å². The molecule has 1 fully saturated rings. The average Bonchev–Trinajstić information content (AvgIpc) is 2.99. The number of piperidine rings is 1. The number of aryl methyl sites for hydroxylation is 1. The molecule has 1 saturated heterocycles. The summed E-state index contributed by atoms with van der Waals surface area (Å²) in [4.78, 5) is 34.0. The molecule has 0 aromatic carbocycles. The fraction of sp³-hybridized carbons (Fsp3) is 0.636. The zero-order valence-electron chi connectivity index (χ0n) is 18.9. The zero-order valence-corrected chi connectivity index (χ0v) is 18.9. The van der Waals surface area contributed by atoms with Gasteiger partial charge >= 0.3 is 6.09 Å². The van der Waals surface area contributed by atoms with Crippen LogP contribution >= 0.6 is 0 Å². The van der Waals surface area contributed by atoms with Gasteiger partial charge in [-0.15, -0.1) is 0 Å². The number of hydrogen-bond acceptors (Lipinski definition) is 5. The van der Waals surface area contributed by atoms with Gasteiger partial charge in [0, 0.05) is 38.1 Å². The topological polar surface area (TPSA) is 80.0 Å². The van der Waals surface area contributed by atoms with Crippen molar-refractivity contribution in [2.24, 2.45) is 5.92 Å². The molecular weight excluding hydrogens is 382 g/mol. The summed E-state index contributed by atoms with van der Waals surface area (Å²) in [5.74, 6) is 0.159. The Hall–Kier alpha value is -2.64. The molecule has 0 aliphatic carbocycles. The molecule has 3 rings (SSSR count). The quantitative estimate of drug-likeness (QED) is 0.763. The second-order valence-electron chi connectivity index (χ2n) is 9.33. The molecule has 0 bridgehead atoms. The third-order valence-electron chi connectivity index (χ3n) is 5.30. The smallest absolute Gasteiger partial charge is 0.410 e. The lowest BCUT2D eigenvalue weighted by Gasteiger charge is -2.37. The Balaban J connectivity index is 1.73. The van der Waals surface area contributed by atoms with Crippen LogP contribution in [-0.2, 0) is 4.74 Å². The minimum atomic E-state index is -0.535. The molecule has 3 heterocycles. The van der Waals surface area contributed by atoms with E-state index in [0.29, 0.717) is 36.5 Å². The van der Waals surface area contributed by atoms with Gasteiger partial charge in [0.25, 0.3) is 5.91 Å². The summed E-state index contributed by atoms with van der Waals surface area (Å²) in [5, 5.41) is 4.41. The zero-order chi connectivity index (χ0) is 22.1. The largest absolute Gasteiger partial charge is 0.444 e. The van der Waals surface area contributed by atoms with Crippen molar-refractivity contribution < 1.29 is 14.3 Å². The molecule has 1 unspecified atom stereocenters. The van der Waals surface area contributed by atoms with E-state index < -0.39 is 5.60 Å². The maximum absolute atomic E-state index is 13.3. The molecular formula is C22H33N5O3. The lowest BCUT2D eigenvalue weighted by molar-refractivity contribution is 0.0124. The first kappa shape index (κ1) is 22.1.